The summed E-state index contributed by atoms with van der Waals surface area (Å²) < 4.78 is 0. The van der Waals surface area contributed by atoms with Crippen LogP contribution in [0.25, 0.3) is 0 Å². The van der Waals surface area contributed by atoms with Gasteiger partial charge in [0, 0.05) is 12.3 Å². The van der Waals surface area contributed by atoms with E-state index < -0.39 is 12.1 Å². The Hall–Kier alpha value is -1.65. The first-order valence-electron chi connectivity index (χ1n) is 11.0. The number of rotatable bonds is 11. The second-order valence-electron chi connectivity index (χ2n) is 9.14. The summed E-state index contributed by atoms with van der Waals surface area (Å²) in [6.07, 6.45) is 16.8. The summed E-state index contributed by atoms with van der Waals surface area (Å²) in [5.41, 5.74) is 2.58. The van der Waals surface area contributed by atoms with Crippen molar-refractivity contribution in [3.05, 3.63) is 47.6 Å². The third-order valence-electron chi connectivity index (χ3n) is 6.17. The Morgan fingerprint density at radius 3 is 2.76 bits per heavy atom. The lowest BCUT2D eigenvalue weighted by Crippen LogP contribution is -2.18. The van der Waals surface area contributed by atoms with Gasteiger partial charge >= 0.3 is 5.97 Å². The lowest BCUT2D eigenvalue weighted by Gasteiger charge is -2.19. The molecule has 0 aromatic heterocycles. The standard InChI is InChI=1S/C25H38O4/c1-17(2)7-6-8-18(3)13-21(26)11-12-22-23-15-19(9-4-5-10-25(28)29)14-20(23)16-24(22)27/h4,7,9,11-12,14,18,20-24,26-27H,5-6,8,10,13,15-16H2,1-3H3,(H,28,29)/b9-4+,12-11+/t18?,20-,21+,22+,23-,24+/m0/s1. The molecule has 29 heavy (non-hydrogen) atoms. The van der Waals surface area contributed by atoms with Crippen molar-refractivity contribution in [2.45, 2.75) is 77.9 Å². The maximum atomic E-state index is 10.6. The molecular weight excluding hydrogens is 364 g/mol. The molecule has 162 valence electrons. The van der Waals surface area contributed by atoms with Crippen LogP contribution in [0.15, 0.2) is 47.6 Å². The van der Waals surface area contributed by atoms with Crippen molar-refractivity contribution in [3.63, 3.8) is 0 Å². The Kier molecular flexibility index (Phi) is 9.38. The zero-order valence-electron chi connectivity index (χ0n) is 18.1. The number of aliphatic hydroxyl groups is 2. The molecule has 0 amide bonds. The molecule has 2 aliphatic rings. The normalized spacial score (nSPS) is 28.5. The number of carboxylic acid groups (broad SMARTS) is 1. The summed E-state index contributed by atoms with van der Waals surface area (Å²) in [7, 11) is 0. The fourth-order valence-electron chi connectivity index (χ4n) is 4.63. The minimum absolute atomic E-state index is 0.0804. The van der Waals surface area contributed by atoms with Crippen molar-refractivity contribution in [1.29, 1.82) is 0 Å². The highest BCUT2D eigenvalue weighted by atomic mass is 16.4. The Labute approximate surface area is 175 Å². The predicted octanol–water partition coefficient (Wildman–Crippen LogP) is 5.04. The molecule has 3 N–H and O–H groups in total. The van der Waals surface area contributed by atoms with Crippen LogP contribution in [0, 0.1) is 23.7 Å². The largest absolute Gasteiger partial charge is 0.481 e. The van der Waals surface area contributed by atoms with Gasteiger partial charge in [-0.15, -0.1) is 0 Å². The first kappa shape index (κ1) is 23.6. The summed E-state index contributed by atoms with van der Waals surface area (Å²) in [6, 6.07) is 0. The fraction of sp³-hybridized carbons (Fsp3) is 0.640. The highest BCUT2D eigenvalue weighted by Gasteiger charge is 2.42. The summed E-state index contributed by atoms with van der Waals surface area (Å²) in [4.78, 5) is 10.6. The van der Waals surface area contributed by atoms with Gasteiger partial charge in [0.25, 0.3) is 0 Å². The summed E-state index contributed by atoms with van der Waals surface area (Å²) in [5, 5.41) is 29.6. The van der Waals surface area contributed by atoms with Gasteiger partial charge in [0.15, 0.2) is 0 Å². The lowest BCUT2D eigenvalue weighted by atomic mass is 9.88. The summed E-state index contributed by atoms with van der Waals surface area (Å²) >= 11 is 0. The third-order valence-corrected chi connectivity index (χ3v) is 6.17. The molecule has 1 saturated carbocycles. The second-order valence-corrected chi connectivity index (χ2v) is 9.14. The van der Waals surface area contributed by atoms with Gasteiger partial charge in [-0.3, -0.25) is 4.79 Å². The number of hydrogen-bond acceptors (Lipinski definition) is 3. The van der Waals surface area contributed by atoms with E-state index in [4.69, 9.17) is 5.11 Å². The predicted molar refractivity (Wildman–Crippen MR) is 117 cm³/mol. The van der Waals surface area contributed by atoms with Crippen molar-refractivity contribution in [1.82, 2.24) is 0 Å². The molecule has 0 aliphatic heterocycles. The minimum Gasteiger partial charge on any atom is -0.481 e. The number of carbonyl (C=O) groups is 1. The SMILES string of the molecule is CC(C)=CCCC(C)C[C@H](O)/C=C/[C@@H]1[C@H]2CC(/C=C/CCC(=O)O)=C[C@H]2C[C@H]1O. The molecule has 0 heterocycles. The van der Waals surface area contributed by atoms with E-state index in [1.807, 2.05) is 24.3 Å². The van der Waals surface area contributed by atoms with E-state index >= 15 is 0 Å². The quantitative estimate of drug-likeness (QED) is 0.423. The smallest absolute Gasteiger partial charge is 0.303 e. The molecule has 4 heteroatoms. The lowest BCUT2D eigenvalue weighted by molar-refractivity contribution is -0.136. The van der Waals surface area contributed by atoms with Crippen LogP contribution in [0.2, 0.25) is 0 Å². The van der Waals surface area contributed by atoms with Crippen LogP contribution in [0.3, 0.4) is 0 Å². The fourth-order valence-corrected chi connectivity index (χ4v) is 4.63. The second kappa shape index (κ2) is 11.5. The zero-order valence-corrected chi connectivity index (χ0v) is 18.1. The van der Waals surface area contributed by atoms with Crippen molar-refractivity contribution in [3.8, 4) is 0 Å². The highest BCUT2D eigenvalue weighted by Crippen LogP contribution is 2.47. The van der Waals surface area contributed by atoms with E-state index in [9.17, 15) is 15.0 Å². The van der Waals surface area contributed by atoms with Crippen LogP contribution in [0.5, 0.6) is 0 Å². The van der Waals surface area contributed by atoms with Crippen molar-refractivity contribution in [2.24, 2.45) is 23.7 Å². The number of aliphatic hydroxyl groups excluding tert-OH is 2. The van der Waals surface area contributed by atoms with E-state index in [0.717, 1.165) is 32.1 Å². The van der Waals surface area contributed by atoms with E-state index in [1.54, 1.807) is 0 Å². The van der Waals surface area contributed by atoms with E-state index in [2.05, 4.69) is 32.9 Å². The molecule has 0 spiro atoms. The maximum absolute atomic E-state index is 10.6. The van der Waals surface area contributed by atoms with Crippen LogP contribution < -0.4 is 0 Å². The van der Waals surface area contributed by atoms with Crippen LogP contribution in [-0.2, 0) is 4.79 Å². The third kappa shape index (κ3) is 7.94. The van der Waals surface area contributed by atoms with E-state index in [0.29, 0.717) is 24.2 Å². The molecule has 0 saturated heterocycles. The first-order valence-corrected chi connectivity index (χ1v) is 11.0. The number of carboxylic acids is 1. The van der Waals surface area contributed by atoms with E-state index in [-0.39, 0.29) is 18.4 Å². The Balaban J connectivity index is 1.82. The van der Waals surface area contributed by atoms with Gasteiger partial charge in [0.05, 0.1) is 12.2 Å². The average molecular weight is 403 g/mol. The van der Waals surface area contributed by atoms with Crippen molar-refractivity contribution in [2.75, 3.05) is 0 Å². The van der Waals surface area contributed by atoms with Gasteiger partial charge in [0.1, 0.15) is 0 Å². The van der Waals surface area contributed by atoms with E-state index in [1.165, 1.54) is 11.1 Å². The molecule has 2 aliphatic carbocycles. The van der Waals surface area contributed by atoms with Crippen LogP contribution >= 0.6 is 0 Å². The molecule has 1 unspecified atom stereocenters. The van der Waals surface area contributed by atoms with Gasteiger partial charge in [-0.1, -0.05) is 54.5 Å². The molecule has 4 nitrogen and oxygen atoms in total. The van der Waals surface area contributed by atoms with Gasteiger partial charge < -0.3 is 15.3 Å². The Morgan fingerprint density at radius 2 is 2.07 bits per heavy atom. The molecular formula is C25H38O4. The average Bonchev–Trinajstić information content (AvgIpc) is 3.13. The monoisotopic (exact) mass is 402 g/mol. The Bertz CT molecular complexity index is 654. The molecule has 1 fully saturated rings. The van der Waals surface area contributed by atoms with Gasteiger partial charge in [-0.25, -0.2) is 0 Å². The van der Waals surface area contributed by atoms with Crippen LogP contribution in [-0.4, -0.2) is 33.5 Å². The molecule has 0 bridgehead atoms. The summed E-state index contributed by atoms with van der Waals surface area (Å²) in [6.45, 7) is 6.40. The minimum atomic E-state index is -0.773. The maximum Gasteiger partial charge on any atom is 0.303 e. The van der Waals surface area contributed by atoms with Crippen molar-refractivity contribution < 1.29 is 20.1 Å². The number of fused-ring (bicyclic) bond motifs is 1. The highest BCUT2D eigenvalue weighted by molar-refractivity contribution is 5.66. The van der Waals surface area contributed by atoms with Crippen LogP contribution in [0.4, 0.5) is 0 Å². The number of aliphatic carboxylic acids is 1. The number of hydrogen-bond donors (Lipinski definition) is 3. The van der Waals surface area contributed by atoms with Crippen LogP contribution in [0.1, 0.15) is 65.7 Å². The zero-order chi connectivity index (χ0) is 21.4. The van der Waals surface area contributed by atoms with Gasteiger partial charge in [-0.2, -0.15) is 0 Å². The Morgan fingerprint density at radius 1 is 1.31 bits per heavy atom. The number of allylic oxidation sites excluding steroid dienone is 6. The molecule has 6 atom stereocenters. The topological polar surface area (TPSA) is 77.8 Å². The van der Waals surface area contributed by atoms with Crippen molar-refractivity contribution >= 4 is 5.97 Å². The van der Waals surface area contributed by atoms with Gasteiger partial charge in [0.2, 0.25) is 0 Å². The summed E-state index contributed by atoms with van der Waals surface area (Å²) in [5.74, 6) is 0.519. The molecule has 0 aromatic rings. The first-order chi connectivity index (χ1) is 13.8. The van der Waals surface area contributed by atoms with Gasteiger partial charge in [-0.05, 0) is 70.1 Å². The molecule has 0 radical (unpaired) electrons. The molecule has 2 rings (SSSR count). The molecule has 0 aromatic carbocycles.